The molecule has 2 nitrogen and oxygen atoms in total. The molecule has 1 aromatic heterocycles. The molecule has 2 aliphatic carbocycles. The topological polar surface area (TPSA) is 8.17 Å². The molecule has 12 aromatic carbocycles. The van der Waals surface area contributed by atoms with Gasteiger partial charge >= 0.3 is 0 Å². The second-order valence-electron chi connectivity index (χ2n) is 19.9. The van der Waals surface area contributed by atoms with E-state index in [1.54, 1.807) is 0 Å². The lowest BCUT2D eigenvalue weighted by atomic mass is 9.70. The van der Waals surface area contributed by atoms with E-state index in [1.807, 2.05) is 0 Å². The highest BCUT2D eigenvalue weighted by Crippen LogP contribution is 2.63. The quantitative estimate of drug-likeness (QED) is 0.147. The molecule has 0 bridgehead atoms. The first kappa shape index (κ1) is 42.9. The summed E-state index contributed by atoms with van der Waals surface area (Å²) in [4.78, 5) is 2.52. The van der Waals surface area contributed by atoms with Crippen molar-refractivity contribution in [1.82, 2.24) is 4.57 Å². The predicted molar refractivity (Wildman–Crippen MR) is 314 cm³/mol. The largest absolute Gasteiger partial charge is 0.310 e. The van der Waals surface area contributed by atoms with Crippen LogP contribution in [0.2, 0.25) is 0 Å². The lowest BCUT2D eigenvalue weighted by molar-refractivity contribution is 0.793. The number of fused-ring (bicyclic) bond motifs is 13. The summed E-state index contributed by atoms with van der Waals surface area (Å²) in [6, 6.07) is 108. The summed E-state index contributed by atoms with van der Waals surface area (Å²) in [5.41, 5.74) is 26.1. The van der Waals surface area contributed by atoms with Crippen LogP contribution < -0.4 is 4.90 Å². The van der Waals surface area contributed by atoms with E-state index in [9.17, 15) is 0 Å². The van der Waals surface area contributed by atoms with Gasteiger partial charge in [0, 0.05) is 33.4 Å². The predicted octanol–water partition coefficient (Wildman–Crippen LogP) is 19.3. The first-order chi connectivity index (χ1) is 37.3. The van der Waals surface area contributed by atoms with Crippen molar-refractivity contribution in [3.8, 4) is 72.4 Å². The van der Waals surface area contributed by atoms with Crippen LogP contribution in [0.4, 0.5) is 17.1 Å². The minimum Gasteiger partial charge on any atom is -0.310 e. The highest BCUT2D eigenvalue weighted by molar-refractivity contribution is 6.16. The summed E-state index contributed by atoms with van der Waals surface area (Å²) < 4.78 is 2.41. The minimum atomic E-state index is -0.501. The molecule has 0 aliphatic heterocycles. The smallest absolute Gasteiger partial charge is 0.0726 e. The third-order valence-corrected chi connectivity index (χ3v) is 16.0. The Morgan fingerprint density at radius 3 is 1.40 bits per heavy atom. The van der Waals surface area contributed by atoms with E-state index in [0.29, 0.717) is 0 Å². The summed E-state index contributed by atoms with van der Waals surface area (Å²) >= 11 is 0. The van der Waals surface area contributed by atoms with E-state index in [-0.39, 0.29) is 0 Å². The van der Waals surface area contributed by atoms with Crippen molar-refractivity contribution in [2.45, 2.75) is 5.41 Å². The number of nitrogens with zero attached hydrogens (tertiary/aromatic N) is 2. The average Bonchev–Trinajstić information content (AvgIpc) is 4.12. The Kier molecular flexibility index (Phi) is 9.83. The van der Waals surface area contributed by atoms with Gasteiger partial charge in [0.25, 0.3) is 0 Å². The standard InChI is InChI=1S/C73H48N2/c1-3-23-49(24-4-1)54-29-7-8-30-56(54)57-31-9-10-32-58(57)63-36-14-19-42-69(63)74(52-28-21-25-50(47-52)55-38-22-44-71-72(55)64-37-15-20-43-70(64)75(71)51-26-5-2-6-27-51)53-45-46-62-61-35-13-18-41-67(61)73(68(62)48-53)65-39-16-11-33-59(65)60-34-12-17-40-66(60)73/h1-48H. The Balaban J connectivity index is 0.987. The summed E-state index contributed by atoms with van der Waals surface area (Å²) in [7, 11) is 0. The lowest BCUT2D eigenvalue weighted by Crippen LogP contribution is -2.26. The van der Waals surface area contributed by atoms with Crippen LogP contribution in [0.15, 0.2) is 291 Å². The van der Waals surface area contributed by atoms with E-state index < -0.39 is 5.41 Å². The van der Waals surface area contributed by atoms with E-state index in [4.69, 9.17) is 0 Å². The van der Waals surface area contributed by atoms with E-state index in [0.717, 1.165) is 33.9 Å². The molecule has 0 N–H and O–H groups in total. The fourth-order valence-corrected chi connectivity index (χ4v) is 13.0. The Morgan fingerprint density at radius 1 is 0.267 bits per heavy atom. The van der Waals surface area contributed by atoms with Gasteiger partial charge in [-0.25, -0.2) is 0 Å². The second-order valence-corrected chi connectivity index (χ2v) is 19.9. The molecule has 0 saturated heterocycles. The van der Waals surface area contributed by atoms with Crippen LogP contribution in [0.3, 0.4) is 0 Å². The zero-order chi connectivity index (χ0) is 49.5. The van der Waals surface area contributed by atoms with Gasteiger partial charge in [0.2, 0.25) is 0 Å². The SMILES string of the molecule is c1ccc(-c2ccccc2-c2ccccc2-c2ccccc2N(c2cccc(-c3cccc4c3c3ccccc3n4-c3ccccc3)c2)c2ccc3c(c2)C2(c4ccccc4-c4ccccc42)c2ccccc2-3)cc1. The van der Waals surface area contributed by atoms with Crippen LogP contribution in [-0.4, -0.2) is 4.57 Å². The average molecular weight is 953 g/mol. The third-order valence-electron chi connectivity index (χ3n) is 16.0. The number of para-hydroxylation sites is 3. The molecule has 0 amide bonds. The Morgan fingerprint density at radius 2 is 0.720 bits per heavy atom. The first-order valence-electron chi connectivity index (χ1n) is 26.0. The van der Waals surface area contributed by atoms with Gasteiger partial charge in [-0.3, -0.25) is 0 Å². The van der Waals surface area contributed by atoms with Crippen molar-refractivity contribution in [2.24, 2.45) is 0 Å². The molecule has 1 heterocycles. The summed E-state index contributed by atoms with van der Waals surface area (Å²) in [6.07, 6.45) is 0. The van der Waals surface area contributed by atoms with Crippen LogP contribution in [-0.2, 0) is 5.41 Å². The molecule has 0 saturated carbocycles. The number of anilines is 3. The van der Waals surface area contributed by atoms with Crippen molar-refractivity contribution < 1.29 is 0 Å². The Bertz CT molecular complexity index is 4310. The van der Waals surface area contributed by atoms with Crippen molar-refractivity contribution >= 4 is 38.9 Å². The van der Waals surface area contributed by atoms with Gasteiger partial charge in [-0.15, -0.1) is 0 Å². The van der Waals surface area contributed by atoms with Gasteiger partial charge < -0.3 is 9.47 Å². The maximum absolute atomic E-state index is 2.52. The monoisotopic (exact) mass is 952 g/mol. The van der Waals surface area contributed by atoms with Crippen molar-refractivity contribution in [3.63, 3.8) is 0 Å². The molecule has 2 heteroatoms. The fourth-order valence-electron chi connectivity index (χ4n) is 13.0. The summed E-state index contributed by atoms with van der Waals surface area (Å²) in [6.45, 7) is 0. The molecule has 350 valence electrons. The van der Waals surface area contributed by atoms with Crippen LogP contribution in [0, 0.1) is 0 Å². The Labute approximate surface area is 437 Å². The van der Waals surface area contributed by atoms with Gasteiger partial charge in [0.1, 0.15) is 0 Å². The van der Waals surface area contributed by atoms with Gasteiger partial charge in [-0.05, 0) is 138 Å². The normalized spacial score (nSPS) is 12.6. The molecule has 0 atom stereocenters. The fraction of sp³-hybridized carbons (Fsp3) is 0.0137. The highest BCUT2D eigenvalue weighted by atomic mass is 15.1. The maximum atomic E-state index is 2.52. The zero-order valence-electron chi connectivity index (χ0n) is 41.1. The number of hydrogen-bond acceptors (Lipinski definition) is 1. The zero-order valence-corrected chi connectivity index (χ0v) is 41.1. The first-order valence-corrected chi connectivity index (χ1v) is 26.0. The second kappa shape index (κ2) is 17.2. The van der Waals surface area contributed by atoms with Crippen LogP contribution in [0.25, 0.3) is 94.3 Å². The summed E-state index contributed by atoms with van der Waals surface area (Å²) in [5, 5.41) is 2.47. The molecule has 15 rings (SSSR count). The number of benzene rings is 12. The molecule has 1 spiro atoms. The maximum Gasteiger partial charge on any atom is 0.0726 e. The number of aromatic nitrogens is 1. The van der Waals surface area contributed by atoms with Crippen LogP contribution in [0.1, 0.15) is 22.3 Å². The molecule has 13 aromatic rings. The van der Waals surface area contributed by atoms with E-state index in [2.05, 4.69) is 301 Å². The molecule has 2 aliphatic rings. The van der Waals surface area contributed by atoms with Crippen molar-refractivity contribution in [1.29, 1.82) is 0 Å². The molecule has 75 heavy (non-hydrogen) atoms. The summed E-state index contributed by atoms with van der Waals surface area (Å²) in [5.74, 6) is 0. The minimum absolute atomic E-state index is 0.501. The van der Waals surface area contributed by atoms with Crippen molar-refractivity contribution in [2.75, 3.05) is 4.90 Å². The molecular weight excluding hydrogens is 905 g/mol. The highest BCUT2D eigenvalue weighted by Gasteiger charge is 2.51. The van der Waals surface area contributed by atoms with Gasteiger partial charge in [0.05, 0.1) is 22.1 Å². The third kappa shape index (κ3) is 6.46. The molecule has 0 fully saturated rings. The van der Waals surface area contributed by atoms with Crippen molar-refractivity contribution in [3.05, 3.63) is 313 Å². The van der Waals surface area contributed by atoms with E-state index >= 15 is 0 Å². The molecule has 0 unspecified atom stereocenters. The number of hydrogen-bond donors (Lipinski definition) is 0. The number of rotatable bonds is 8. The van der Waals surface area contributed by atoms with E-state index in [1.165, 1.54) is 99.7 Å². The molecular formula is C73H48N2. The van der Waals surface area contributed by atoms with Gasteiger partial charge in [-0.2, -0.15) is 0 Å². The Hall–Kier alpha value is -9.76. The van der Waals surface area contributed by atoms with Crippen LogP contribution >= 0.6 is 0 Å². The van der Waals surface area contributed by atoms with Gasteiger partial charge in [0.15, 0.2) is 0 Å². The lowest BCUT2D eigenvalue weighted by Gasteiger charge is -2.33. The molecule has 0 radical (unpaired) electrons. The van der Waals surface area contributed by atoms with Crippen LogP contribution in [0.5, 0.6) is 0 Å². The van der Waals surface area contributed by atoms with Gasteiger partial charge in [-0.1, -0.05) is 237 Å².